The molecule has 0 aromatic carbocycles. The third kappa shape index (κ3) is 2.39. The highest BCUT2D eigenvalue weighted by atomic mass is 19.3. The SMILES string of the molecule is CC1C=CC(C(C)C)=C(C(F)F)C1. The molecule has 1 aliphatic carbocycles. The van der Waals surface area contributed by atoms with E-state index >= 15 is 0 Å². The number of halogens is 2. The van der Waals surface area contributed by atoms with E-state index in [1.54, 1.807) is 0 Å². The quantitative estimate of drug-likeness (QED) is 0.615. The minimum Gasteiger partial charge on any atom is -0.205 e. The van der Waals surface area contributed by atoms with Crippen LogP contribution in [0.15, 0.2) is 23.3 Å². The molecule has 0 aliphatic heterocycles. The first-order valence-electron chi connectivity index (χ1n) is 4.71. The fourth-order valence-corrected chi connectivity index (χ4v) is 1.69. The van der Waals surface area contributed by atoms with Crippen molar-refractivity contribution in [3.63, 3.8) is 0 Å². The first-order chi connectivity index (χ1) is 6.02. The van der Waals surface area contributed by atoms with E-state index in [9.17, 15) is 8.78 Å². The first-order valence-corrected chi connectivity index (χ1v) is 4.71. The molecule has 0 nitrogen and oxygen atoms in total. The van der Waals surface area contributed by atoms with Gasteiger partial charge in [0.15, 0.2) is 0 Å². The smallest absolute Gasteiger partial charge is 0.205 e. The molecular formula is C11H16F2. The molecular weight excluding hydrogens is 170 g/mol. The second kappa shape index (κ2) is 4.03. The van der Waals surface area contributed by atoms with Crippen molar-refractivity contribution in [1.82, 2.24) is 0 Å². The minimum atomic E-state index is -2.29. The number of alkyl halides is 2. The lowest BCUT2D eigenvalue weighted by Gasteiger charge is -2.21. The van der Waals surface area contributed by atoms with Gasteiger partial charge in [-0.3, -0.25) is 0 Å². The predicted octanol–water partition coefficient (Wildman–Crippen LogP) is 3.80. The maximum atomic E-state index is 12.6. The van der Waals surface area contributed by atoms with Gasteiger partial charge in [0.05, 0.1) is 0 Å². The van der Waals surface area contributed by atoms with Crippen LogP contribution in [0.1, 0.15) is 27.2 Å². The number of rotatable bonds is 2. The largest absolute Gasteiger partial charge is 0.260 e. The Morgan fingerprint density at radius 1 is 1.38 bits per heavy atom. The summed E-state index contributed by atoms with van der Waals surface area (Å²) in [4.78, 5) is 0. The average Bonchev–Trinajstić information content (AvgIpc) is 2.03. The van der Waals surface area contributed by atoms with Crippen molar-refractivity contribution in [2.75, 3.05) is 0 Å². The summed E-state index contributed by atoms with van der Waals surface area (Å²) >= 11 is 0. The van der Waals surface area contributed by atoms with Crippen molar-refractivity contribution in [3.8, 4) is 0 Å². The van der Waals surface area contributed by atoms with Crippen molar-refractivity contribution >= 4 is 0 Å². The summed E-state index contributed by atoms with van der Waals surface area (Å²) in [5.74, 6) is 0.458. The van der Waals surface area contributed by atoms with Crippen LogP contribution in [-0.2, 0) is 0 Å². The van der Waals surface area contributed by atoms with E-state index in [4.69, 9.17) is 0 Å². The van der Waals surface area contributed by atoms with Crippen molar-refractivity contribution < 1.29 is 8.78 Å². The van der Waals surface area contributed by atoms with Gasteiger partial charge in [-0.2, -0.15) is 0 Å². The zero-order valence-corrected chi connectivity index (χ0v) is 8.35. The molecule has 1 unspecified atom stereocenters. The molecule has 0 aromatic rings. The Bertz CT molecular complexity index is 236. The minimum absolute atomic E-state index is 0.202. The standard InChI is InChI=1S/C11H16F2/c1-7(2)9-5-4-8(3)6-10(9)11(12)13/h4-5,7-8,11H,6H2,1-3H3. The highest BCUT2D eigenvalue weighted by Gasteiger charge is 2.21. The molecule has 0 bridgehead atoms. The number of hydrogen-bond acceptors (Lipinski definition) is 0. The van der Waals surface area contributed by atoms with Crippen LogP contribution in [0.25, 0.3) is 0 Å². The molecule has 0 N–H and O–H groups in total. The van der Waals surface area contributed by atoms with E-state index in [1.807, 2.05) is 32.9 Å². The second-order valence-electron chi connectivity index (χ2n) is 3.98. The molecule has 13 heavy (non-hydrogen) atoms. The van der Waals surface area contributed by atoms with Crippen LogP contribution in [0.4, 0.5) is 8.78 Å². The predicted molar refractivity (Wildman–Crippen MR) is 50.8 cm³/mol. The van der Waals surface area contributed by atoms with Crippen LogP contribution < -0.4 is 0 Å². The van der Waals surface area contributed by atoms with Crippen LogP contribution in [0, 0.1) is 11.8 Å². The first kappa shape index (κ1) is 10.4. The molecule has 0 fully saturated rings. The highest BCUT2D eigenvalue weighted by molar-refractivity contribution is 5.33. The summed E-state index contributed by atoms with van der Waals surface area (Å²) < 4.78 is 25.2. The highest BCUT2D eigenvalue weighted by Crippen LogP contribution is 2.31. The Kier molecular flexibility index (Phi) is 3.23. The summed E-state index contributed by atoms with van der Waals surface area (Å²) in [6, 6.07) is 0. The van der Waals surface area contributed by atoms with Gasteiger partial charge in [-0.05, 0) is 29.4 Å². The Morgan fingerprint density at radius 3 is 2.46 bits per heavy atom. The monoisotopic (exact) mass is 186 g/mol. The maximum absolute atomic E-state index is 12.6. The molecule has 0 saturated carbocycles. The lowest BCUT2D eigenvalue weighted by molar-refractivity contribution is 0.180. The topological polar surface area (TPSA) is 0 Å². The summed E-state index contributed by atoms with van der Waals surface area (Å²) in [5.41, 5.74) is 1.16. The summed E-state index contributed by atoms with van der Waals surface area (Å²) in [6.45, 7) is 5.88. The lowest BCUT2D eigenvalue weighted by Crippen LogP contribution is -2.12. The van der Waals surface area contributed by atoms with Crippen molar-refractivity contribution in [2.45, 2.75) is 33.6 Å². The van der Waals surface area contributed by atoms with Gasteiger partial charge >= 0.3 is 0 Å². The molecule has 0 saturated heterocycles. The normalized spacial score (nSPS) is 23.5. The average molecular weight is 186 g/mol. The molecule has 2 heteroatoms. The molecule has 0 spiro atoms. The zero-order valence-electron chi connectivity index (χ0n) is 8.35. The van der Waals surface area contributed by atoms with E-state index in [1.165, 1.54) is 0 Å². The van der Waals surface area contributed by atoms with Gasteiger partial charge in [0.25, 0.3) is 6.43 Å². The van der Waals surface area contributed by atoms with E-state index in [-0.39, 0.29) is 11.8 Å². The zero-order chi connectivity index (χ0) is 10.0. The van der Waals surface area contributed by atoms with Crippen LogP contribution in [0.2, 0.25) is 0 Å². The van der Waals surface area contributed by atoms with Crippen LogP contribution in [-0.4, -0.2) is 6.43 Å². The molecule has 0 radical (unpaired) electrons. The van der Waals surface area contributed by atoms with Gasteiger partial charge in [-0.15, -0.1) is 0 Å². The van der Waals surface area contributed by atoms with Crippen LogP contribution in [0.5, 0.6) is 0 Å². The van der Waals surface area contributed by atoms with Crippen molar-refractivity contribution in [1.29, 1.82) is 0 Å². The lowest BCUT2D eigenvalue weighted by atomic mass is 9.86. The third-order valence-electron chi connectivity index (χ3n) is 2.40. The van der Waals surface area contributed by atoms with Gasteiger partial charge in [0, 0.05) is 0 Å². The van der Waals surface area contributed by atoms with Crippen molar-refractivity contribution in [2.24, 2.45) is 11.8 Å². The molecule has 0 aromatic heterocycles. The Balaban J connectivity index is 2.95. The molecule has 1 rings (SSSR count). The van der Waals surface area contributed by atoms with Gasteiger partial charge in [-0.1, -0.05) is 32.9 Å². The van der Waals surface area contributed by atoms with Crippen LogP contribution >= 0.6 is 0 Å². The fraction of sp³-hybridized carbons (Fsp3) is 0.636. The second-order valence-corrected chi connectivity index (χ2v) is 3.98. The van der Waals surface area contributed by atoms with E-state index in [0.29, 0.717) is 12.0 Å². The molecule has 0 heterocycles. The molecule has 74 valence electrons. The number of allylic oxidation sites excluding steroid dienone is 4. The van der Waals surface area contributed by atoms with Crippen LogP contribution in [0.3, 0.4) is 0 Å². The summed E-state index contributed by atoms with van der Waals surface area (Å²) in [7, 11) is 0. The third-order valence-corrected chi connectivity index (χ3v) is 2.40. The summed E-state index contributed by atoms with van der Waals surface area (Å²) in [6.07, 6.45) is 2.10. The van der Waals surface area contributed by atoms with Gasteiger partial charge in [-0.25, -0.2) is 8.78 Å². The van der Waals surface area contributed by atoms with Gasteiger partial charge in [0.2, 0.25) is 0 Å². The van der Waals surface area contributed by atoms with Gasteiger partial charge < -0.3 is 0 Å². The number of hydrogen-bond donors (Lipinski definition) is 0. The van der Waals surface area contributed by atoms with E-state index < -0.39 is 6.43 Å². The van der Waals surface area contributed by atoms with E-state index in [0.717, 1.165) is 5.57 Å². The Labute approximate surface area is 78.3 Å². The Morgan fingerprint density at radius 2 is 2.00 bits per heavy atom. The fourth-order valence-electron chi connectivity index (χ4n) is 1.69. The van der Waals surface area contributed by atoms with Gasteiger partial charge in [0.1, 0.15) is 0 Å². The maximum Gasteiger partial charge on any atom is 0.260 e. The van der Waals surface area contributed by atoms with E-state index in [2.05, 4.69) is 0 Å². The molecule has 1 atom stereocenters. The Hall–Kier alpha value is -0.660. The molecule has 1 aliphatic rings. The van der Waals surface area contributed by atoms with Crippen molar-refractivity contribution in [3.05, 3.63) is 23.3 Å². The summed E-state index contributed by atoms with van der Waals surface area (Å²) in [5, 5.41) is 0. The molecule has 0 amide bonds.